The topological polar surface area (TPSA) is 76.3 Å². The molecule has 1 aromatic carbocycles. The van der Waals surface area contributed by atoms with Crippen LogP contribution in [0.15, 0.2) is 51.4 Å². The number of nitrogens with one attached hydrogen (secondary N) is 1. The van der Waals surface area contributed by atoms with E-state index in [4.69, 9.17) is 0 Å². The number of fused-ring (bicyclic) bond motifs is 1. The quantitative estimate of drug-likeness (QED) is 0.530. The van der Waals surface area contributed by atoms with Gasteiger partial charge < -0.3 is 9.88 Å². The number of para-hydroxylation sites is 2. The van der Waals surface area contributed by atoms with Crippen LogP contribution in [0.1, 0.15) is 25.1 Å². The zero-order valence-corrected chi connectivity index (χ0v) is 18.4. The Morgan fingerprint density at radius 2 is 1.87 bits per heavy atom. The second-order valence-electron chi connectivity index (χ2n) is 7.40. The Morgan fingerprint density at radius 1 is 1.13 bits per heavy atom. The molecule has 1 N–H and O–H groups in total. The molecule has 160 valence electrons. The Bertz CT molecular complexity index is 1120. The van der Waals surface area contributed by atoms with Gasteiger partial charge in [-0.15, -0.1) is 11.3 Å². The normalized spacial score (nSPS) is 12.4. The van der Waals surface area contributed by atoms with Crippen molar-refractivity contribution < 1.29 is 4.79 Å². The molecule has 8 heteroatoms. The molecular weight excluding hydrogens is 400 g/mol. The van der Waals surface area contributed by atoms with Crippen molar-refractivity contribution in [3.8, 4) is 0 Å². The molecule has 2 aromatic heterocycles. The number of aryl methyl sites for hydroxylation is 1. The van der Waals surface area contributed by atoms with Crippen molar-refractivity contribution in [2.75, 3.05) is 13.1 Å². The van der Waals surface area contributed by atoms with Gasteiger partial charge in [0.05, 0.1) is 11.0 Å². The van der Waals surface area contributed by atoms with Crippen LogP contribution in [-0.4, -0.2) is 39.1 Å². The predicted molar refractivity (Wildman–Crippen MR) is 121 cm³/mol. The molecule has 2 heterocycles. The molecule has 3 rings (SSSR count). The van der Waals surface area contributed by atoms with Gasteiger partial charge in [0.2, 0.25) is 5.91 Å². The maximum Gasteiger partial charge on any atom is 0.317 e. The summed E-state index contributed by atoms with van der Waals surface area (Å²) in [4.78, 5) is 40.9. The lowest BCUT2D eigenvalue weighted by Crippen LogP contribution is -2.44. The fraction of sp³-hybridized carbons (Fsp3) is 0.409. The van der Waals surface area contributed by atoms with E-state index in [1.54, 1.807) is 42.6 Å². The van der Waals surface area contributed by atoms with E-state index in [-0.39, 0.29) is 12.5 Å². The van der Waals surface area contributed by atoms with Crippen LogP contribution in [0.2, 0.25) is 0 Å². The first-order valence-corrected chi connectivity index (χ1v) is 11.0. The average Bonchev–Trinajstić information content (AvgIpc) is 3.27. The zero-order chi connectivity index (χ0) is 21.7. The van der Waals surface area contributed by atoms with E-state index >= 15 is 0 Å². The van der Waals surface area contributed by atoms with Gasteiger partial charge in [-0.25, -0.2) is 0 Å². The summed E-state index contributed by atoms with van der Waals surface area (Å²) in [5, 5.41) is 4.97. The number of hydrogen-bond donors (Lipinski definition) is 1. The number of carbonyl (C=O) groups is 1. The van der Waals surface area contributed by atoms with E-state index < -0.39 is 11.1 Å². The van der Waals surface area contributed by atoms with Gasteiger partial charge in [-0.1, -0.05) is 25.1 Å². The highest BCUT2D eigenvalue weighted by molar-refractivity contribution is 7.09. The van der Waals surface area contributed by atoms with Gasteiger partial charge in [0.25, 0.3) is 0 Å². The summed E-state index contributed by atoms with van der Waals surface area (Å²) in [6, 6.07) is 11.7. The Morgan fingerprint density at radius 3 is 2.53 bits per heavy atom. The van der Waals surface area contributed by atoms with Crippen LogP contribution in [0.25, 0.3) is 11.0 Å². The van der Waals surface area contributed by atoms with Crippen molar-refractivity contribution >= 4 is 28.3 Å². The standard InChI is InChI=1S/C22H28N4O3S/c1-4-16(2)25(14-17-8-7-13-30-17)12-11-23-20(27)15-26-19-10-6-5-9-18(19)24(3)21(28)22(26)29/h5-10,13,16H,4,11-12,14-15H2,1-3H3,(H,23,27). The molecule has 0 saturated carbocycles. The van der Waals surface area contributed by atoms with Crippen LogP contribution < -0.4 is 16.4 Å². The van der Waals surface area contributed by atoms with E-state index in [1.165, 1.54) is 14.0 Å². The summed E-state index contributed by atoms with van der Waals surface area (Å²) >= 11 is 1.73. The summed E-state index contributed by atoms with van der Waals surface area (Å²) in [6.07, 6.45) is 1.02. The smallest absolute Gasteiger partial charge is 0.317 e. The number of aromatic nitrogens is 2. The van der Waals surface area contributed by atoms with E-state index in [0.717, 1.165) is 13.0 Å². The SMILES string of the molecule is CCC(C)N(CCNC(=O)Cn1c(=O)c(=O)n(C)c2ccccc21)Cc1cccs1. The minimum Gasteiger partial charge on any atom is -0.353 e. The molecule has 0 bridgehead atoms. The van der Waals surface area contributed by atoms with Gasteiger partial charge in [-0.05, 0) is 36.9 Å². The molecule has 30 heavy (non-hydrogen) atoms. The second-order valence-corrected chi connectivity index (χ2v) is 8.43. The fourth-order valence-electron chi connectivity index (χ4n) is 3.47. The molecule has 1 atom stereocenters. The molecule has 0 fully saturated rings. The van der Waals surface area contributed by atoms with Gasteiger partial charge in [0.15, 0.2) is 0 Å². The van der Waals surface area contributed by atoms with Crippen LogP contribution in [-0.2, 0) is 24.9 Å². The lowest BCUT2D eigenvalue weighted by atomic mass is 10.2. The van der Waals surface area contributed by atoms with Gasteiger partial charge in [-0.2, -0.15) is 0 Å². The third-order valence-corrected chi connectivity index (χ3v) is 6.30. The highest BCUT2D eigenvalue weighted by Gasteiger charge is 2.15. The van der Waals surface area contributed by atoms with Crippen LogP contribution in [0, 0.1) is 0 Å². The molecule has 0 spiro atoms. The summed E-state index contributed by atoms with van der Waals surface area (Å²) < 4.78 is 2.58. The molecule has 0 aliphatic rings. The van der Waals surface area contributed by atoms with Crippen molar-refractivity contribution in [1.29, 1.82) is 0 Å². The lowest BCUT2D eigenvalue weighted by molar-refractivity contribution is -0.121. The Hall–Kier alpha value is -2.71. The van der Waals surface area contributed by atoms with E-state index in [0.29, 0.717) is 30.2 Å². The molecular formula is C22H28N4O3S. The Labute approximate surface area is 179 Å². The van der Waals surface area contributed by atoms with Gasteiger partial charge in [0, 0.05) is 37.6 Å². The number of benzene rings is 1. The Kier molecular flexibility index (Phi) is 7.23. The maximum absolute atomic E-state index is 12.5. The van der Waals surface area contributed by atoms with E-state index in [9.17, 15) is 14.4 Å². The van der Waals surface area contributed by atoms with Crippen molar-refractivity contribution in [3.63, 3.8) is 0 Å². The summed E-state index contributed by atoms with van der Waals surface area (Å²) in [6.45, 7) is 6.20. The third kappa shape index (κ3) is 4.88. The molecule has 1 unspecified atom stereocenters. The van der Waals surface area contributed by atoms with Gasteiger partial charge >= 0.3 is 11.1 Å². The third-order valence-electron chi connectivity index (χ3n) is 5.44. The maximum atomic E-state index is 12.5. The van der Waals surface area contributed by atoms with Crippen molar-refractivity contribution in [2.24, 2.45) is 7.05 Å². The van der Waals surface area contributed by atoms with Crippen LogP contribution >= 0.6 is 11.3 Å². The van der Waals surface area contributed by atoms with Crippen molar-refractivity contribution in [2.45, 2.75) is 39.4 Å². The molecule has 7 nitrogen and oxygen atoms in total. The first-order chi connectivity index (χ1) is 14.4. The van der Waals surface area contributed by atoms with Crippen molar-refractivity contribution in [1.82, 2.24) is 19.4 Å². The highest BCUT2D eigenvalue weighted by atomic mass is 32.1. The van der Waals surface area contributed by atoms with Crippen LogP contribution in [0.4, 0.5) is 0 Å². The minimum atomic E-state index is -0.690. The molecule has 1 amide bonds. The largest absolute Gasteiger partial charge is 0.353 e. The van der Waals surface area contributed by atoms with Crippen LogP contribution in [0.3, 0.4) is 0 Å². The first kappa shape index (κ1) is 22.0. The number of nitrogens with zero attached hydrogens (tertiary/aromatic N) is 3. The molecule has 0 saturated heterocycles. The number of hydrogen-bond acceptors (Lipinski definition) is 5. The summed E-state index contributed by atoms with van der Waals surface area (Å²) in [5.74, 6) is -0.282. The zero-order valence-electron chi connectivity index (χ0n) is 17.6. The monoisotopic (exact) mass is 428 g/mol. The summed E-state index contributed by atoms with van der Waals surface area (Å²) in [7, 11) is 1.56. The van der Waals surface area contributed by atoms with Gasteiger partial charge in [0.1, 0.15) is 6.54 Å². The number of rotatable bonds is 9. The van der Waals surface area contributed by atoms with Gasteiger partial charge in [-0.3, -0.25) is 23.9 Å². The van der Waals surface area contributed by atoms with E-state index in [1.807, 2.05) is 6.07 Å². The number of carbonyl (C=O) groups excluding carboxylic acids is 1. The van der Waals surface area contributed by atoms with E-state index in [2.05, 4.69) is 35.5 Å². The molecule has 0 aliphatic carbocycles. The highest BCUT2D eigenvalue weighted by Crippen LogP contribution is 2.15. The molecule has 3 aromatic rings. The Balaban J connectivity index is 1.67. The van der Waals surface area contributed by atoms with Crippen LogP contribution in [0.5, 0.6) is 0 Å². The minimum absolute atomic E-state index is 0.177. The second kappa shape index (κ2) is 9.86. The average molecular weight is 429 g/mol. The molecule has 0 radical (unpaired) electrons. The lowest BCUT2D eigenvalue weighted by Gasteiger charge is -2.28. The molecule has 0 aliphatic heterocycles. The first-order valence-electron chi connectivity index (χ1n) is 10.1. The number of amides is 1. The van der Waals surface area contributed by atoms with Crippen molar-refractivity contribution in [3.05, 3.63) is 67.4 Å². The number of thiophene rings is 1. The summed E-state index contributed by atoms with van der Waals surface area (Å²) in [5.41, 5.74) is -0.141. The fourth-order valence-corrected chi connectivity index (χ4v) is 4.19. The predicted octanol–water partition coefficient (Wildman–Crippen LogP) is 2.18.